The molecule has 0 atom stereocenters. The lowest BCUT2D eigenvalue weighted by molar-refractivity contribution is 0.152. The molecule has 208 valence electrons. The second kappa shape index (κ2) is 10.3. The van der Waals surface area contributed by atoms with Crippen LogP contribution in [0.1, 0.15) is 33.6 Å². The van der Waals surface area contributed by atoms with Gasteiger partial charge in [0.1, 0.15) is 0 Å². The minimum atomic E-state index is -1.75. The van der Waals surface area contributed by atoms with E-state index in [1.54, 1.807) is 11.8 Å². The summed E-state index contributed by atoms with van der Waals surface area (Å²) in [7, 11) is 0.176. The zero-order valence-electron chi connectivity index (χ0n) is 24.1. The van der Waals surface area contributed by atoms with E-state index in [2.05, 4.69) is 84.5 Å². The first-order valence-corrected chi connectivity index (χ1v) is 17.6. The van der Waals surface area contributed by atoms with Crippen LogP contribution in [-0.2, 0) is 11.5 Å². The molecule has 0 spiro atoms. The van der Waals surface area contributed by atoms with Crippen LogP contribution >= 0.6 is 11.8 Å². The molecule has 4 aromatic heterocycles. The summed E-state index contributed by atoms with van der Waals surface area (Å²) in [6.45, 7) is 13.6. The molecule has 0 N–H and O–H groups in total. The Morgan fingerprint density at radius 3 is 2.52 bits per heavy atom. The van der Waals surface area contributed by atoms with Crippen molar-refractivity contribution in [3.8, 4) is 11.3 Å². The van der Waals surface area contributed by atoms with E-state index in [1.807, 2.05) is 46.7 Å². The Bertz CT molecular complexity index is 1660. The lowest BCUT2D eigenvalue weighted by Crippen LogP contribution is -2.47. The Hall–Kier alpha value is -3.21. The fourth-order valence-corrected chi connectivity index (χ4v) is 7.21. The minimum absolute atomic E-state index is 0.238. The van der Waals surface area contributed by atoms with Gasteiger partial charge in [-0.25, -0.2) is 0 Å². The number of hydrogen-bond donors (Lipinski definition) is 0. The van der Waals surface area contributed by atoms with Gasteiger partial charge in [0, 0.05) is 54.5 Å². The highest BCUT2D eigenvalue weighted by Crippen LogP contribution is 2.39. The average Bonchev–Trinajstić information content (AvgIpc) is 3.53. The number of piperidine rings is 1. The number of aromatic nitrogens is 6. The van der Waals surface area contributed by atoms with Gasteiger partial charge in [0.05, 0.1) is 23.1 Å². The van der Waals surface area contributed by atoms with Crippen LogP contribution < -0.4 is 4.90 Å². The molecule has 1 saturated heterocycles. The first-order valence-electron chi connectivity index (χ1n) is 13.9. The molecule has 10 heteroatoms. The molecule has 1 fully saturated rings. The van der Waals surface area contributed by atoms with Crippen molar-refractivity contribution < 1.29 is 4.43 Å². The van der Waals surface area contributed by atoms with E-state index in [4.69, 9.17) is 9.41 Å². The number of rotatable bonds is 6. The molecule has 0 bridgehead atoms. The maximum Gasteiger partial charge on any atom is 0.200 e. The summed E-state index contributed by atoms with van der Waals surface area (Å²) in [5.74, 6) is 0. The van der Waals surface area contributed by atoms with Crippen LogP contribution in [-0.4, -0.2) is 56.9 Å². The van der Waals surface area contributed by atoms with Crippen molar-refractivity contribution in [3.05, 3.63) is 61.1 Å². The van der Waals surface area contributed by atoms with Gasteiger partial charge in [-0.1, -0.05) is 20.8 Å². The summed E-state index contributed by atoms with van der Waals surface area (Å²) in [5, 5.41) is 15.6. The Morgan fingerprint density at radius 1 is 1.00 bits per heavy atom. The summed E-state index contributed by atoms with van der Waals surface area (Å²) in [6.07, 6.45) is 8.48. The monoisotopic (exact) mass is 571 g/mol. The van der Waals surface area contributed by atoms with Crippen molar-refractivity contribution >= 4 is 42.3 Å². The predicted molar refractivity (Wildman–Crippen MR) is 165 cm³/mol. The molecular weight excluding hydrogens is 535 g/mol. The van der Waals surface area contributed by atoms with Gasteiger partial charge in [-0.15, -0.1) is 10.2 Å². The lowest BCUT2D eigenvalue weighted by Gasteiger charge is -2.42. The van der Waals surface area contributed by atoms with E-state index >= 15 is 0 Å². The highest BCUT2D eigenvalue weighted by molar-refractivity contribution is 7.99. The molecule has 0 aliphatic carbocycles. The maximum absolute atomic E-state index is 6.70. The number of benzene rings is 1. The quantitative estimate of drug-likeness (QED) is 0.207. The van der Waals surface area contributed by atoms with Crippen LogP contribution in [0.3, 0.4) is 0 Å². The first-order chi connectivity index (χ1) is 19.1. The third-order valence-electron chi connectivity index (χ3n) is 8.30. The molecule has 1 aliphatic heterocycles. The highest BCUT2D eigenvalue weighted by atomic mass is 32.2. The maximum atomic E-state index is 6.70. The zero-order chi connectivity index (χ0) is 28.1. The van der Waals surface area contributed by atoms with Gasteiger partial charge in [-0.2, -0.15) is 5.10 Å². The fraction of sp³-hybridized carbons (Fsp3) is 0.400. The van der Waals surface area contributed by atoms with Crippen LogP contribution in [0.25, 0.3) is 27.8 Å². The molecule has 6 rings (SSSR count). The number of fused-ring (bicyclic) bond motifs is 2. The van der Waals surface area contributed by atoms with Gasteiger partial charge in [0.25, 0.3) is 0 Å². The molecular formula is C30H37N7OSSi. The second-order valence-corrected chi connectivity index (χ2v) is 18.0. The highest BCUT2D eigenvalue weighted by Gasteiger charge is 2.39. The number of nitrogens with zero attached hydrogens (tertiary/aromatic N) is 7. The van der Waals surface area contributed by atoms with Crippen molar-refractivity contribution in [1.29, 1.82) is 0 Å². The topological polar surface area (TPSA) is 73.4 Å². The molecule has 0 saturated carbocycles. The average molecular weight is 572 g/mol. The van der Waals surface area contributed by atoms with Crippen LogP contribution in [0.2, 0.25) is 18.1 Å². The molecule has 0 amide bonds. The van der Waals surface area contributed by atoms with Gasteiger partial charge < -0.3 is 9.33 Å². The van der Waals surface area contributed by atoms with Gasteiger partial charge in [0.15, 0.2) is 19.1 Å². The first kappa shape index (κ1) is 27.0. The van der Waals surface area contributed by atoms with E-state index in [9.17, 15) is 0 Å². The third-order valence-corrected chi connectivity index (χ3v) is 13.8. The van der Waals surface area contributed by atoms with Crippen molar-refractivity contribution in [1.82, 2.24) is 29.4 Å². The van der Waals surface area contributed by atoms with Crippen molar-refractivity contribution in [2.45, 2.75) is 67.9 Å². The predicted octanol–water partition coefficient (Wildman–Crippen LogP) is 6.82. The Morgan fingerprint density at radius 2 is 1.80 bits per heavy atom. The van der Waals surface area contributed by atoms with Gasteiger partial charge in [0.2, 0.25) is 0 Å². The molecule has 8 nitrogen and oxygen atoms in total. The van der Waals surface area contributed by atoms with Crippen LogP contribution in [0, 0.1) is 0 Å². The Balaban J connectivity index is 1.18. The molecule has 1 aliphatic rings. The largest absolute Gasteiger partial charge is 0.414 e. The lowest BCUT2D eigenvalue weighted by atomic mass is 10.1. The number of hydrogen-bond acceptors (Lipinski definition) is 7. The molecule has 0 radical (unpaired) electrons. The number of aryl methyl sites for hydroxylation is 1. The summed E-state index contributed by atoms with van der Waals surface area (Å²) < 4.78 is 10.5. The van der Waals surface area contributed by atoms with Crippen molar-refractivity contribution in [2.24, 2.45) is 7.05 Å². The Kier molecular flexibility index (Phi) is 6.96. The normalized spacial score (nSPS) is 15.4. The molecule has 40 heavy (non-hydrogen) atoms. The van der Waals surface area contributed by atoms with Crippen LogP contribution in [0.4, 0.5) is 5.69 Å². The van der Waals surface area contributed by atoms with E-state index in [0.717, 1.165) is 63.8 Å². The van der Waals surface area contributed by atoms with Gasteiger partial charge >= 0.3 is 0 Å². The number of pyridine rings is 2. The van der Waals surface area contributed by atoms with E-state index in [-0.39, 0.29) is 5.04 Å². The third kappa shape index (κ3) is 5.40. The smallest absolute Gasteiger partial charge is 0.200 e. The van der Waals surface area contributed by atoms with Crippen LogP contribution in [0.5, 0.6) is 0 Å². The second-order valence-electron chi connectivity index (χ2n) is 12.2. The molecule has 5 aromatic rings. The SMILES string of the molecule is Cn1ccc(-c2ccc3nnc(Sc4ccc5ncc(N6CCC(O[Si](C)(C)C(C)(C)C)CC6)cc5c4)n3c2)n1. The zero-order valence-corrected chi connectivity index (χ0v) is 25.9. The van der Waals surface area contributed by atoms with E-state index < -0.39 is 8.32 Å². The Labute approximate surface area is 240 Å². The van der Waals surface area contributed by atoms with Gasteiger partial charge in [-0.05, 0) is 85.2 Å². The fourth-order valence-electron chi connectivity index (χ4n) is 4.93. The standard InChI is InChI=1S/C30H37N7OSSi/c1-30(2,3)40(5,6)38-24-11-15-36(16-12-24)23-17-22-18-25(8-9-26(22)31-19-23)39-29-33-32-28-10-7-21(20-37(28)29)27-13-14-35(4)34-27/h7-10,13-14,17-20,24H,11-12,15-16H2,1-6H3. The van der Waals surface area contributed by atoms with Crippen LogP contribution in [0.15, 0.2) is 71.1 Å². The summed E-state index contributed by atoms with van der Waals surface area (Å²) in [5.41, 5.74) is 4.93. The summed E-state index contributed by atoms with van der Waals surface area (Å²) >= 11 is 1.61. The summed E-state index contributed by atoms with van der Waals surface area (Å²) in [4.78, 5) is 8.33. The summed E-state index contributed by atoms with van der Waals surface area (Å²) in [6, 6.07) is 14.7. The van der Waals surface area contributed by atoms with Crippen molar-refractivity contribution in [3.63, 3.8) is 0 Å². The van der Waals surface area contributed by atoms with E-state index in [0.29, 0.717) is 6.10 Å². The van der Waals surface area contributed by atoms with Gasteiger partial charge in [-0.3, -0.25) is 14.1 Å². The molecule has 0 unspecified atom stereocenters. The minimum Gasteiger partial charge on any atom is -0.414 e. The van der Waals surface area contributed by atoms with E-state index in [1.165, 1.54) is 5.69 Å². The van der Waals surface area contributed by atoms with Crippen molar-refractivity contribution in [2.75, 3.05) is 18.0 Å². The number of anilines is 1. The molecule has 5 heterocycles. The molecule has 1 aromatic carbocycles.